The van der Waals surface area contributed by atoms with Gasteiger partial charge in [0.05, 0.1) is 7.11 Å². The number of aliphatic carboxylic acids is 1. The first-order valence-electron chi connectivity index (χ1n) is 12.6. The Morgan fingerprint density at radius 1 is 1.10 bits per heavy atom. The number of nitrogens with one attached hydrogen (secondary N) is 1. The fraction of sp³-hybridized carbons (Fsp3) is 0.407. The number of methoxy groups -OCH3 is 1. The van der Waals surface area contributed by atoms with Gasteiger partial charge in [-0.25, -0.2) is 14.8 Å². The molecule has 2 N–H and O–H groups in total. The summed E-state index contributed by atoms with van der Waals surface area (Å²) in [5, 5.41) is 10.2. The molecule has 3 aromatic rings. The van der Waals surface area contributed by atoms with E-state index in [-0.39, 0.29) is 5.91 Å². The minimum atomic E-state index is -5.08. The number of aromatic nitrogens is 3. The summed E-state index contributed by atoms with van der Waals surface area (Å²) in [6.45, 7) is 3.33. The van der Waals surface area contributed by atoms with Crippen molar-refractivity contribution in [2.24, 2.45) is 5.92 Å². The number of hydrogen-bond acceptors (Lipinski definition) is 6. The SMILES string of the molecule is COc1ccccc1CNC(=O)c1cc(-c2cnc(N3CCCC3)nc2)cn1CC1CC1.O=C(O)C(F)(F)F. The summed E-state index contributed by atoms with van der Waals surface area (Å²) < 4.78 is 39.2. The van der Waals surface area contributed by atoms with E-state index >= 15 is 0 Å². The molecule has 1 amide bonds. The fourth-order valence-corrected chi connectivity index (χ4v) is 4.25. The highest BCUT2D eigenvalue weighted by atomic mass is 19.4. The Morgan fingerprint density at radius 2 is 1.74 bits per heavy atom. The maximum Gasteiger partial charge on any atom is 0.490 e. The molecule has 3 heterocycles. The number of anilines is 1. The van der Waals surface area contributed by atoms with Gasteiger partial charge in [-0.1, -0.05) is 18.2 Å². The van der Waals surface area contributed by atoms with E-state index in [0.29, 0.717) is 18.2 Å². The quantitative estimate of drug-likeness (QED) is 0.428. The molecule has 0 bridgehead atoms. The minimum absolute atomic E-state index is 0.0857. The molecule has 2 aromatic heterocycles. The average molecular weight is 546 g/mol. The molecular formula is C27H30F3N5O4. The number of rotatable bonds is 8. The summed E-state index contributed by atoms with van der Waals surface area (Å²) in [6.07, 6.45) is 5.56. The molecule has 1 aliphatic carbocycles. The maximum atomic E-state index is 13.1. The number of carboxylic acids is 1. The lowest BCUT2D eigenvalue weighted by Gasteiger charge is -2.14. The van der Waals surface area contributed by atoms with Crippen molar-refractivity contribution in [3.05, 3.63) is 60.2 Å². The van der Waals surface area contributed by atoms with Crippen LogP contribution in [0, 0.1) is 5.92 Å². The van der Waals surface area contributed by atoms with Gasteiger partial charge in [0.15, 0.2) is 0 Å². The van der Waals surface area contributed by atoms with Crippen LogP contribution in [-0.4, -0.2) is 57.9 Å². The zero-order valence-electron chi connectivity index (χ0n) is 21.4. The van der Waals surface area contributed by atoms with Crippen LogP contribution in [0.15, 0.2) is 48.9 Å². The van der Waals surface area contributed by atoms with Gasteiger partial charge in [-0.05, 0) is 43.7 Å². The van der Waals surface area contributed by atoms with Crippen molar-refractivity contribution >= 4 is 17.8 Å². The smallest absolute Gasteiger partial charge is 0.490 e. The Morgan fingerprint density at radius 3 is 2.33 bits per heavy atom. The molecule has 2 fully saturated rings. The van der Waals surface area contributed by atoms with E-state index in [0.717, 1.165) is 48.0 Å². The molecule has 9 nitrogen and oxygen atoms in total. The molecule has 0 radical (unpaired) electrons. The standard InChI is InChI=1S/C25H29N5O2.C2HF3O2/c1-32-23-7-3-2-6-19(23)13-26-24(31)22-12-20(17-30(22)16-18-8-9-18)21-14-27-25(28-15-21)29-10-4-5-11-29;3-2(4,5)1(6)7/h2-3,6-7,12,14-15,17-18H,4-5,8-11,13,16H2,1H3,(H,26,31);(H,6,7). The Bertz CT molecular complexity index is 1280. The second-order valence-electron chi connectivity index (χ2n) is 9.47. The zero-order valence-corrected chi connectivity index (χ0v) is 21.4. The van der Waals surface area contributed by atoms with Crippen molar-refractivity contribution in [3.63, 3.8) is 0 Å². The summed E-state index contributed by atoms with van der Waals surface area (Å²) in [7, 11) is 1.64. The van der Waals surface area contributed by atoms with E-state index in [1.807, 2.05) is 42.7 Å². The van der Waals surface area contributed by atoms with Gasteiger partial charge in [0, 0.05) is 61.5 Å². The van der Waals surface area contributed by atoms with Crippen LogP contribution < -0.4 is 15.0 Å². The third-order valence-electron chi connectivity index (χ3n) is 6.52. The molecule has 1 saturated heterocycles. The normalized spacial score (nSPS) is 14.9. The van der Waals surface area contributed by atoms with Crippen molar-refractivity contribution < 1.29 is 32.6 Å². The van der Waals surface area contributed by atoms with Crippen molar-refractivity contribution in [2.45, 2.75) is 44.9 Å². The Labute approximate surface area is 223 Å². The molecule has 0 spiro atoms. The maximum absolute atomic E-state index is 13.1. The van der Waals surface area contributed by atoms with Crippen LogP contribution in [0.5, 0.6) is 5.75 Å². The summed E-state index contributed by atoms with van der Waals surface area (Å²) >= 11 is 0. The number of benzene rings is 1. The molecule has 12 heteroatoms. The van der Waals surface area contributed by atoms with Gasteiger partial charge >= 0.3 is 12.1 Å². The largest absolute Gasteiger partial charge is 0.496 e. The number of amides is 1. The lowest BCUT2D eigenvalue weighted by atomic mass is 10.2. The highest BCUT2D eigenvalue weighted by Gasteiger charge is 2.38. The molecule has 0 unspecified atom stereocenters. The van der Waals surface area contributed by atoms with Crippen molar-refractivity contribution in [1.82, 2.24) is 19.9 Å². The summed E-state index contributed by atoms with van der Waals surface area (Å²) in [6, 6.07) is 9.69. The van der Waals surface area contributed by atoms with Crippen LogP contribution in [0.3, 0.4) is 0 Å². The van der Waals surface area contributed by atoms with E-state index in [2.05, 4.69) is 30.9 Å². The predicted octanol–water partition coefficient (Wildman–Crippen LogP) is 4.53. The molecule has 208 valence electrons. The Kier molecular flexibility index (Phi) is 8.72. The number of carbonyl (C=O) groups excluding carboxylic acids is 1. The third kappa shape index (κ3) is 7.49. The highest BCUT2D eigenvalue weighted by Crippen LogP contribution is 2.33. The number of hydrogen-bond donors (Lipinski definition) is 2. The van der Waals surface area contributed by atoms with E-state index < -0.39 is 12.1 Å². The Hall–Kier alpha value is -4.09. The van der Waals surface area contributed by atoms with Gasteiger partial charge in [0.25, 0.3) is 5.91 Å². The lowest BCUT2D eigenvalue weighted by molar-refractivity contribution is -0.192. The van der Waals surface area contributed by atoms with Gasteiger partial charge in [-0.15, -0.1) is 0 Å². The molecule has 1 saturated carbocycles. The summed E-state index contributed by atoms with van der Waals surface area (Å²) in [5.74, 6) is -0.620. The number of alkyl halides is 3. The molecule has 2 aliphatic rings. The minimum Gasteiger partial charge on any atom is -0.496 e. The van der Waals surface area contributed by atoms with Crippen molar-refractivity contribution in [1.29, 1.82) is 0 Å². The van der Waals surface area contributed by atoms with Crippen LogP contribution in [-0.2, 0) is 17.9 Å². The van der Waals surface area contributed by atoms with E-state index in [9.17, 15) is 18.0 Å². The summed E-state index contributed by atoms with van der Waals surface area (Å²) in [4.78, 5) is 33.4. The third-order valence-corrected chi connectivity index (χ3v) is 6.52. The number of carboxylic acid groups (broad SMARTS) is 1. The average Bonchev–Trinajstić information content (AvgIpc) is 3.38. The van der Waals surface area contributed by atoms with Gasteiger partial charge in [-0.2, -0.15) is 13.2 Å². The number of carbonyl (C=O) groups is 2. The molecular weight excluding hydrogens is 515 g/mol. The van der Waals surface area contributed by atoms with Crippen LogP contribution in [0.1, 0.15) is 41.7 Å². The number of para-hydroxylation sites is 1. The molecule has 5 rings (SSSR count). The highest BCUT2D eigenvalue weighted by molar-refractivity contribution is 5.94. The molecule has 1 aliphatic heterocycles. The second-order valence-corrected chi connectivity index (χ2v) is 9.47. The van der Waals surface area contributed by atoms with E-state index in [4.69, 9.17) is 14.6 Å². The topological polar surface area (TPSA) is 110 Å². The first-order chi connectivity index (χ1) is 18.7. The van der Waals surface area contributed by atoms with E-state index in [1.54, 1.807) is 7.11 Å². The van der Waals surface area contributed by atoms with Gasteiger partial charge < -0.3 is 24.6 Å². The monoisotopic (exact) mass is 545 g/mol. The molecule has 0 atom stereocenters. The molecule has 39 heavy (non-hydrogen) atoms. The van der Waals surface area contributed by atoms with Crippen molar-refractivity contribution in [3.8, 4) is 16.9 Å². The van der Waals surface area contributed by atoms with Crippen molar-refractivity contribution in [2.75, 3.05) is 25.1 Å². The van der Waals surface area contributed by atoms with Crippen LogP contribution in [0.2, 0.25) is 0 Å². The zero-order chi connectivity index (χ0) is 28.0. The van der Waals surface area contributed by atoms with E-state index in [1.165, 1.54) is 25.7 Å². The van der Waals surface area contributed by atoms with Gasteiger partial charge in [-0.3, -0.25) is 4.79 Å². The number of nitrogens with zero attached hydrogens (tertiary/aromatic N) is 4. The summed E-state index contributed by atoms with van der Waals surface area (Å²) in [5.41, 5.74) is 3.53. The fourth-order valence-electron chi connectivity index (χ4n) is 4.25. The molecule has 1 aromatic carbocycles. The second kappa shape index (κ2) is 12.2. The first kappa shape index (κ1) is 27.9. The number of halogens is 3. The lowest BCUT2D eigenvalue weighted by Crippen LogP contribution is -2.25. The van der Waals surface area contributed by atoms with Gasteiger partial charge in [0.1, 0.15) is 11.4 Å². The van der Waals surface area contributed by atoms with Crippen LogP contribution in [0.25, 0.3) is 11.1 Å². The predicted molar refractivity (Wildman–Crippen MR) is 137 cm³/mol. The van der Waals surface area contributed by atoms with Crippen LogP contribution >= 0.6 is 0 Å². The number of ether oxygens (including phenoxy) is 1. The van der Waals surface area contributed by atoms with Gasteiger partial charge in [0.2, 0.25) is 5.95 Å². The first-order valence-corrected chi connectivity index (χ1v) is 12.6. The van der Waals surface area contributed by atoms with Crippen LogP contribution in [0.4, 0.5) is 19.1 Å². The Balaban J connectivity index is 0.000000448.